The zero-order chi connectivity index (χ0) is 58.5. The molecule has 0 saturated heterocycles. The van der Waals surface area contributed by atoms with Crippen molar-refractivity contribution < 1.29 is 28.6 Å². The number of hydrogen-bond acceptors (Lipinski definition) is 6. The second-order valence-corrected chi connectivity index (χ2v) is 23.8. The van der Waals surface area contributed by atoms with Crippen LogP contribution < -0.4 is 0 Å². The van der Waals surface area contributed by atoms with Crippen molar-refractivity contribution in [3.8, 4) is 0 Å². The fourth-order valence-corrected chi connectivity index (χ4v) is 10.4. The van der Waals surface area contributed by atoms with Crippen molar-refractivity contribution >= 4 is 17.9 Å². The standard InChI is InChI=1S/C75H134O6/c1-4-7-10-13-16-19-22-25-27-28-29-30-31-32-33-34-35-36-37-38-39-40-41-42-43-44-45-46-48-50-53-56-59-62-65-68-74(77)80-71-72(70-79-73(76)67-64-61-58-55-52-49-24-21-18-15-12-9-6-3)81-75(78)69-66-63-60-57-54-51-47-26-23-20-17-14-11-8-5-2/h8,11-12,15,17,20-21,24,26,47,54,57,72H,4-7,9-10,13-14,16,18-19,22-23,25,27-46,48-53,55-56,58-71H2,1-3H3/b11-8-,15-12-,20-17-,24-21-,47-26-,57-54-. The quantitative estimate of drug-likeness (QED) is 0.0261. The SMILES string of the molecule is CC/C=C\C/C=C\C/C=C\C/C=C\CCCCC(=O)OC(COC(=O)CCCCCCC/C=C\C/C=C\CCC)COC(=O)CCCCCCCCCCCCCCCCCCCCCCCCCCCCCCCCCCCCC. The zero-order valence-corrected chi connectivity index (χ0v) is 54.1. The van der Waals surface area contributed by atoms with Crippen molar-refractivity contribution in [2.45, 2.75) is 374 Å². The van der Waals surface area contributed by atoms with Gasteiger partial charge in [0.2, 0.25) is 0 Å². The first-order valence-corrected chi connectivity index (χ1v) is 35.4. The molecule has 0 spiro atoms. The lowest BCUT2D eigenvalue weighted by atomic mass is 10.0. The number of hydrogen-bond donors (Lipinski definition) is 0. The highest BCUT2D eigenvalue weighted by Gasteiger charge is 2.19. The molecule has 0 aliphatic rings. The van der Waals surface area contributed by atoms with Crippen molar-refractivity contribution in [1.82, 2.24) is 0 Å². The van der Waals surface area contributed by atoms with Gasteiger partial charge in [0.1, 0.15) is 13.2 Å². The Hall–Kier alpha value is -3.15. The van der Waals surface area contributed by atoms with E-state index in [-0.39, 0.29) is 37.5 Å². The van der Waals surface area contributed by atoms with Crippen LogP contribution in [0.3, 0.4) is 0 Å². The van der Waals surface area contributed by atoms with E-state index in [4.69, 9.17) is 14.2 Å². The number of carbonyl (C=O) groups is 3. The summed E-state index contributed by atoms with van der Waals surface area (Å²) in [5.74, 6) is -0.937. The minimum atomic E-state index is -0.803. The van der Waals surface area contributed by atoms with E-state index in [2.05, 4.69) is 93.7 Å². The highest BCUT2D eigenvalue weighted by molar-refractivity contribution is 5.71. The van der Waals surface area contributed by atoms with Crippen LogP contribution in [0.2, 0.25) is 0 Å². The minimum absolute atomic E-state index is 0.0943. The Morgan fingerprint density at radius 2 is 0.506 bits per heavy atom. The number of carbonyl (C=O) groups excluding carboxylic acids is 3. The Kier molecular flexibility index (Phi) is 66.6. The monoisotopic (exact) mass is 1130 g/mol. The molecule has 470 valence electrons. The molecule has 0 aromatic heterocycles. The van der Waals surface area contributed by atoms with Crippen LogP contribution in [0.4, 0.5) is 0 Å². The lowest BCUT2D eigenvalue weighted by Gasteiger charge is -2.18. The molecule has 0 aliphatic carbocycles. The largest absolute Gasteiger partial charge is 0.462 e. The first kappa shape index (κ1) is 77.9. The fourth-order valence-electron chi connectivity index (χ4n) is 10.4. The lowest BCUT2D eigenvalue weighted by Crippen LogP contribution is -2.30. The van der Waals surface area contributed by atoms with E-state index >= 15 is 0 Å². The molecule has 0 aliphatic heterocycles. The summed E-state index contributed by atoms with van der Waals surface area (Å²) in [4.78, 5) is 38.3. The summed E-state index contributed by atoms with van der Waals surface area (Å²) in [6, 6.07) is 0. The van der Waals surface area contributed by atoms with Gasteiger partial charge in [-0.25, -0.2) is 0 Å². The number of allylic oxidation sites excluding steroid dienone is 12. The lowest BCUT2D eigenvalue weighted by molar-refractivity contribution is -0.167. The highest BCUT2D eigenvalue weighted by Crippen LogP contribution is 2.18. The summed E-state index contributed by atoms with van der Waals surface area (Å²) in [7, 11) is 0. The molecule has 1 atom stereocenters. The van der Waals surface area contributed by atoms with Gasteiger partial charge in [0, 0.05) is 19.3 Å². The third-order valence-electron chi connectivity index (χ3n) is 15.7. The summed E-state index contributed by atoms with van der Waals surface area (Å²) in [6.07, 6.45) is 91.2. The Balaban J connectivity index is 4.08. The van der Waals surface area contributed by atoms with Gasteiger partial charge in [-0.2, -0.15) is 0 Å². The number of esters is 3. The first-order valence-electron chi connectivity index (χ1n) is 35.4. The highest BCUT2D eigenvalue weighted by atomic mass is 16.6. The van der Waals surface area contributed by atoms with E-state index in [1.807, 2.05) is 0 Å². The van der Waals surface area contributed by atoms with Crippen LogP contribution in [0.25, 0.3) is 0 Å². The van der Waals surface area contributed by atoms with Gasteiger partial charge in [0.15, 0.2) is 6.10 Å². The molecule has 0 heterocycles. The molecule has 0 N–H and O–H groups in total. The number of unbranched alkanes of at least 4 members (excludes halogenated alkanes) is 42. The van der Waals surface area contributed by atoms with Gasteiger partial charge in [-0.05, 0) is 83.5 Å². The van der Waals surface area contributed by atoms with Crippen LogP contribution in [-0.2, 0) is 28.6 Å². The maximum atomic E-state index is 12.9. The molecule has 6 heteroatoms. The molecule has 1 unspecified atom stereocenters. The Morgan fingerprint density at radius 1 is 0.259 bits per heavy atom. The third kappa shape index (κ3) is 67.5. The van der Waals surface area contributed by atoms with E-state index in [0.29, 0.717) is 19.3 Å². The van der Waals surface area contributed by atoms with Crippen molar-refractivity contribution in [1.29, 1.82) is 0 Å². The topological polar surface area (TPSA) is 78.9 Å². The smallest absolute Gasteiger partial charge is 0.306 e. The van der Waals surface area contributed by atoms with Gasteiger partial charge in [-0.15, -0.1) is 0 Å². The molecule has 81 heavy (non-hydrogen) atoms. The molecule has 0 fully saturated rings. The predicted molar refractivity (Wildman–Crippen MR) is 353 cm³/mol. The maximum Gasteiger partial charge on any atom is 0.306 e. The van der Waals surface area contributed by atoms with E-state index in [1.165, 1.54) is 212 Å². The molecule has 0 saturated carbocycles. The summed E-state index contributed by atoms with van der Waals surface area (Å²) in [6.45, 7) is 6.46. The molecule has 0 aromatic carbocycles. The molecule has 0 bridgehead atoms. The van der Waals surface area contributed by atoms with E-state index in [1.54, 1.807) is 0 Å². The van der Waals surface area contributed by atoms with Crippen LogP contribution in [0.1, 0.15) is 367 Å². The van der Waals surface area contributed by atoms with E-state index in [0.717, 1.165) is 109 Å². The fraction of sp³-hybridized carbons (Fsp3) is 0.800. The second-order valence-electron chi connectivity index (χ2n) is 23.8. The van der Waals surface area contributed by atoms with Crippen LogP contribution in [0, 0.1) is 0 Å². The summed E-state index contributed by atoms with van der Waals surface area (Å²) < 4.78 is 16.9. The number of ether oxygens (including phenoxy) is 3. The molecule has 0 rings (SSSR count). The Bertz CT molecular complexity index is 1490. The average Bonchev–Trinajstić information content (AvgIpc) is 3.46. The van der Waals surface area contributed by atoms with Crippen molar-refractivity contribution in [2.24, 2.45) is 0 Å². The normalized spacial score (nSPS) is 12.5. The van der Waals surface area contributed by atoms with Crippen LogP contribution >= 0.6 is 0 Å². The van der Waals surface area contributed by atoms with Crippen molar-refractivity contribution in [3.05, 3.63) is 72.9 Å². The van der Waals surface area contributed by atoms with Gasteiger partial charge in [0.25, 0.3) is 0 Å². The Labute approximate surface area is 503 Å². The van der Waals surface area contributed by atoms with E-state index in [9.17, 15) is 14.4 Å². The van der Waals surface area contributed by atoms with Crippen LogP contribution in [-0.4, -0.2) is 37.2 Å². The molecule has 0 radical (unpaired) electrons. The summed E-state index contributed by atoms with van der Waals surface area (Å²) >= 11 is 0. The van der Waals surface area contributed by atoms with E-state index < -0.39 is 6.10 Å². The van der Waals surface area contributed by atoms with Gasteiger partial charge < -0.3 is 14.2 Å². The summed E-state index contributed by atoms with van der Waals surface area (Å²) in [5, 5.41) is 0. The average molecular weight is 1130 g/mol. The Morgan fingerprint density at radius 3 is 0.827 bits per heavy atom. The number of rotatable bonds is 65. The minimum Gasteiger partial charge on any atom is -0.462 e. The van der Waals surface area contributed by atoms with Crippen molar-refractivity contribution in [2.75, 3.05) is 13.2 Å². The van der Waals surface area contributed by atoms with Gasteiger partial charge >= 0.3 is 17.9 Å². The van der Waals surface area contributed by atoms with Crippen molar-refractivity contribution in [3.63, 3.8) is 0 Å². The van der Waals surface area contributed by atoms with Crippen LogP contribution in [0.15, 0.2) is 72.9 Å². The maximum absolute atomic E-state index is 12.9. The molecule has 0 aromatic rings. The predicted octanol–water partition coefficient (Wildman–Crippen LogP) is 24.4. The molecular weight excluding hydrogens is 997 g/mol. The van der Waals surface area contributed by atoms with Gasteiger partial charge in [-0.3, -0.25) is 14.4 Å². The first-order chi connectivity index (χ1) is 40.0. The zero-order valence-electron chi connectivity index (χ0n) is 54.1. The molecular formula is C75H134O6. The summed E-state index contributed by atoms with van der Waals surface area (Å²) in [5.41, 5.74) is 0. The van der Waals surface area contributed by atoms with Gasteiger partial charge in [0.05, 0.1) is 0 Å². The second kappa shape index (κ2) is 69.3. The van der Waals surface area contributed by atoms with Gasteiger partial charge in [-0.1, -0.05) is 338 Å². The van der Waals surface area contributed by atoms with Crippen LogP contribution in [0.5, 0.6) is 0 Å². The molecule has 6 nitrogen and oxygen atoms in total. The third-order valence-corrected chi connectivity index (χ3v) is 15.7. The molecule has 0 amide bonds.